The number of fused-ring (bicyclic) bond motifs is 1. The van der Waals surface area contributed by atoms with Crippen LogP contribution in [0.5, 0.6) is 5.75 Å². The Hall–Kier alpha value is -3.80. The Balaban J connectivity index is 1.53. The molecule has 0 bridgehead atoms. The molecule has 9 nitrogen and oxygen atoms in total. The third kappa shape index (κ3) is 8.43. The van der Waals surface area contributed by atoms with E-state index < -0.39 is 29.9 Å². The van der Waals surface area contributed by atoms with Crippen molar-refractivity contribution < 1.29 is 37.4 Å². The van der Waals surface area contributed by atoms with Crippen LogP contribution in [0.15, 0.2) is 42.5 Å². The van der Waals surface area contributed by atoms with Gasteiger partial charge in [-0.1, -0.05) is 26.2 Å². The van der Waals surface area contributed by atoms with Crippen LogP contribution in [0.2, 0.25) is 0 Å². The molecule has 12 heteroatoms. The number of alkyl halides is 3. The van der Waals surface area contributed by atoms with E-state index in [1.807, 2.05) is 6.92 Å². The molecule has 0 radical (unpaired) electrons. The summed E-state index contributed by atoms with van der Waals surface area (Å²) in [5.74, 6) is -0.107. The first-order valence-electron chi connectivity index (χ1n) is 15.1. The minimum Gasteiger partial charge on any atom is -0.488 e. The van der Waals surface area contributed by atoms with Crippen molar-refractivity contribution in [2.75, 3.05) is 37.4 Å². The molecular weight excluding hydrogens is 577 g/mol. The lowest BCUT2D eigenvalue weighted by Gasteiger charge is -2.34. The van der Waals surface area contributed by atoms with Gasteiger partial charge in [0.1, 0.15) is 11.9 Å². The van der Waals surface area contributed by atoms with Crippen molar-refractivity contribution in [2.45, 2.75) is 70.7 Å². The van der Waals surface area contributed by atoms with Gasteiger partial charge in [0.05, 0.1) is 31.2 Å². The summed E-state index contributed by atoms with van der Waals surface area (Å²) in [6.45, 7) is 3.77. The fraction of sp³-hybridized carbons (Fsp3) is 0.531. The summed E-state index contributed by atoms with van der Waals surface area (Å²) < 4.78 is 45.2. The third-order valence-corrected chi connectivity index (χ3v) is 8.42. The number of hydrogen-bond acceptors (Lipinski definition) is 5. The lowest BCUT2D eigenvalue weighted by atomic mass is 9.88. The van der Waals surface area contributed by atoms with Gasteiger partial charge < -0.3 is 30.3 Å². The van der Waals surface area contributed by atoms with E-state index in [0.29, 0.717) is 17.0 Å². The van der Waals surface area contributed by atoms with Crippen molar-refractivity contribution in [1.82, 2.24) is 9.80 Å². The van der Waals surface area contributed by atoms with Crippen LogP contribution >= 0.6 is 0 Å². The van der Waals surface area contributed by atoms with E-state index in [9.17, 15) is 32.7 Å². The van der Waals surface area contributed by atoms with Crippen molar-refractivity contribution >= 4 is 29.2 Å². The largest absolute Gasteiger partial charge is 0.488 e. The molecule has 240 valence electrons. The van der Waals surface area contributed by atoms with E-state index >= 15 is 0 Å². The highest BCUT2D eigenvalue weighted by Crippen LogP contribution is 2.32. The van der Waals surface area contributed by atoms with Crippen molar-refractivity contribution in [3.05, 3.63) is 53.6 Å². The Kier molecular flexibility index (Phi) is 10.8. The van der Waals surface area contributed by atoms with Crippen molar-refractivity contribution in [1.29, 1.82) is 0 Å². The Morgan fingerprint density at radius 3 is 2.36 bits per heavy atom. The second-order valence-corrected chi connectivity index (χ2v) is 11.9. The Morgan fingerprint density at radius 2 is 1.73 bits per heavy atom. The van der Waals surface area contributed by atoms with Gasteiger partial charge in [0.25, 0.3) is 0 Å². The fourth-order valence-corrected chi connectivity index (χ4v) is 5.65. The number of aliphatic hydroxyl groups is 1. The number of amides is 4. The van der Waals surface area contributed by atoms with E-state index in [4.69, 9.17) is 4.74 Å². The number of nitrogens with one attached hydrogen (secondary N) is 2. The standard InChI is InChI=1S/C32H41F3N4O5/c1-20-17-39(21(2)19-40)29(41)16-23-15-26(36-30(42)22-7-5-4-6-8-22)13-14-27(23)44-28(20)18-38(3)31(43)37-25-11-9-24(10-12-25)32(33,34)35/h9-15,20-22,28,40H,4-8,16-19H2,1-3H3,(H,36,42)(H,37,43)/t20-,21-,28-/m0/s1. The van der Waals surface area contributed by atoms with Gasteiger partial charge in [-0.2, -0.15) is 13.2 Å². The average molecular weight is 619 g/mol. The number of hydrogen-bond donors (Lipinski definition) is 3. The molecular formula is C32H41F3N4O5. The first kappa shape index (κ1) is 33.1. The molecule has 44 heavy (non-hydrogen) atoms. The highest BCUT2D eigenvalue weighted by molar-refractivity contribution is 5.93. The first-order valence-corrected chi connectivity index (χ1v) is 15.1. The summed E-state index contributed by atoms with van der Waals surface area (Å²) in [6, 6.07) is 8.36. The van der Waals surface area contributed by atoms with Gasteiger partial charge in [-0.3, -0.25) is 9.59 Å². The number of nitrogens with zero attached hydrogens (tertiary/aromatic N) is 2. The maximum Gasteiger partial charge on any atom is 0.416 e. The van der Waals surface area contributed by atoms with Crippen molar-refractivity contribution in [3.8, 4) is 5.75 Å². The van der Waals surface area contributed by atoms with Crippen molar-refractivity contribution in [2.24, 2.45) is 11.8 Å². The van der Waals surface area contributed by atoms with Gasteiger partial charge in [0.2, 0.25) is 11.8 Å². The van der Waals surface area contributed by atoms with Crippen molar-refractivity contribution in [3.63, 3.8) is 0 Å². The van der Waals surface area contributed by atoms with Gasteiger partial charge in [0.15, 0.2) is 0 Å². The predicted molar refractivity (Wildman–Crippen MR) is 160 cm³/mol. The molecule has 1 aliphatic heterocycles. The monoisotopic (exact) mass is 618 g/mol. The molecule has 4 amide bonds. The molecule has 1 saturated carbocycles. The lowest BCUT2D eigenvalue weighted by molar-refractivity contribution is -0.137. The number of ether oxygens (including phenoxy) is 1. The quantitative estimate of drug-likeness (QED) is 0.378. The molecule has 0 unspecified atom stereocenters. The molecule has 2 aliphatic rings. The number of anilines is 2. The van der Waals surface area contributed by atoms with Gasteiger partial charge in [0, 0.05) is 42.4 Å². The van der Waals surface area contributed by atoms with E-state index in [2.05, 4.69) is 10.6 Å². The summed E-state index contributed by atoms with van der Waals surface area (Å²) in [7, 11) is 1.55. The molecule has 3 N–H and O–H groups in total. The Labute approximate surface area is 255 Å². The topological polar surface area (TPSA) is 111 Å². The normalized spacial score (nSPS) is 20.3. The van der Waals surface area contributed by atoms with Crippen LogP contribution in [-0.2, 0) is 22.2 Å². The second-order valence-electron chi connectivity index (χ2n) is 11.9. The smallest absolute Gasteiger partial charge is 0.416 e. The number of rotatable bonds is 7. The maximum absolute atomic E-state index is 13.5. The number of carbonyl (C=O) groups excluding carboxylic acids is 3. The summed E-state index contributed by atoms with van der Waals surface area (Å²) in [6.07, 6.45) is -0.173. The van der Waals surface area contributed by atoms with E-state index in [1.165, 1.54) is 17.0 Å². The van der Waals surface area contributed by atoms with Gasteiger partial charge in [-0.15, -0.1) is 0 Å². The number of carbonyl (C=O) groups is 3. The fourth-order valence-electron chi connectivity index (χ4n) is 5.65. The Bertz CT molecular complexity index is 1310. The zero-order valence-electron chi connectivity index (χ0n) is 25.3. The van der Waals surface area contributed by atoms with Crippen LogP contribution in [0.25, 0.3) is 0 Å². The Morgan fingerprint density at radius 1 is 1.07 bits per heavy atom. The van der Waals surface area contributed by atoms with Gasteiger partial charge >= 0.3 is 12.2 Å². The number of aliphatic hydroxyl groups excluding tert-OH is 1. The minimum atomic E-state index is -4.48. The lowest BCUT2D eigenvalue weighted by Crippen LogP contribution is -2.48. The molecule has 1 aliphatic carbocycles. The number of likely N-dealkylation sites (N-methyl/N-ethyl adjacent to an activating group) is 1. The molecule has 2 aromatic carbocycles. The van der Waals surface area contributed by atoms with Crippen LogP contribution < -0.4 is 15.4 Å². The van der Waals surface area contributed by atoms with E-state index in [0.717, 1.165) is 44.2 Å². The highest BCUT2D eigenvalue weighted by Gasteiger charge is 2.33. The van der Waals surface area contributed by atoms with Crippen LogP contribution in [0, 0.1) is 11.8 Å². The second kappa shape index (κ2) is 14.3. The first-order chi connectivity index (χ1) is 20.8. The molecule has 0 aromatic heterocycles. The molecule has 1 fully saturated rings. The number of urea groups is 1. The molecule has 0 spiro atoms. The van der Waals surface area contributed by atoms with Crippen LogP contribution in [0.4, 0.5) is 29.3 Å². The minimum absolute atomic E-state index is 0.00347. The van der Waals surface area contributed by atoms with Gasteiger partial charge in [-0.25, -0.2) is 4.79 Å². The maximum atomic E-state index is 13.5. The summed E-state index contributed by atoms with van der Waals surface area (Å²) >= 11 is 0. The number of halogens is 3. The summed E-state index contributed by atoms with van der Waals surface area (Å²) in [5.41, 5.74) is 0.528. The molecule has 1 heterocycles. The van der Waals surface area contributed by atoms with Crippen LogP contribution in [0.1, 0.15) is 57.1 Å². The molecule has 4 rings (SSSR count). The molecule has 2 aromatic rings. The van der Waals surface area contributed by atoms with Crippen LogP contribution in [-0.4, -0.2) is 71.6 Å². The predicted octanol–water partition coefficient (Wildman–Crippen LogP) is 5.54. The zero-order chi connectivity index (χ0) is 32.0. The molecule has 0 saturated heterocycles. The SMILES string of the molecule is C[C@H]1CN([C@@H](C)CO)C(=O)Cc2cc(NC(=O)C3CCCCC3)ccc2O[C@H]1CN(C)C(=O)Nc1ccc(C(F)(F)F)cc1. The van der Waals surface area contributed by atoms with Gasteiger partial charge in [-0.05, 0) is 62.2 Å². The zero-order valence-corrected chi connectivity index (χ0v) is 25.3. The van der Waals surface area contributed by atoms with Crippen LogP contribution in [0.3, 0.4) is 0 Å². The molecule has 3 atom stereocenters. The van der Waals surface area contributed by atoms with E-state index in [-0.39, 0.29) is 55.5 Å². The van der Waals surface area contributed by atoms with E-state index in [1.54, 1.807) is 37.1 Å². The summed E-state index contributed by atoms with van der Waals surface area (Å²) in [4.78, 5) is 42.3. The average Bonchev–Trinajstić information content (AvgIpc) is 3.04. The summed E-state index contributed by atoms with van der Waals surface area (Å²) in [5, 5.41) is 15.5. The highest BCUT2D eigenvalue weighted by atomic mass is 19.4. The third-order valence-electron chi connectivity index (χ3n) is 8.42. The number of benzene rings is 2.